The lowest BCUT2D eigenvalue weighted by Crippen LogP contribution is -2.45. The number of hydrogen-bond acceptors (Lipinski definition) is 4. The van der Waals surface area contributed by atoms with Crippen LogP contribution in [0, 0.1) is 5.82 Å². The van der Waals surface area contributed by atoms with Crippen molar-refractivity contribution in [1.82, 2.24) is 15.3 Å². The van der Waals surface area contributed by atoms with Crippen molar-refractivity contribution >= 4 is 23.3 Å². The van der Waals surface area contributed by atoms with E-state index in [-0.39, 0.29) is 22.4 Å². The van der Waals surface area contributed by atoms with E-state index in [2.05, 4.69) is 15.3 Å². The van der Waals surface area contributed by atoms with E-state index >= 15 is 0 Å². The van der Waals surface area contributed by atoms with Crippen LogP contribution in [0.4, 0.5) is 23.4 Å². The second-order valence-corrected chi connectivity index (χ2v) is 6.50. The van der Waals surface area contributed by atoms with Gasteiger partial charge in [-0.3, -0.25) is 4.79 Å². The minimum Gasteiger partial charge on any atom is -0.356 e. The molecule has 0 saturated carbocycles. The third-order valence-electron chi connectivity index (χ3n) is 4.29. The number of anilines is 1. The van der Waals surface area contributed by atoms with Crippen LogP contribution in [0.25, 0.3) is 0 Å². The van der Waals surface area contributed by atoms with E-state index in [9.17, 15) is 22.4 Å². The van der Waals surface area contributed by atoms with Crippen LogP contribution in [0.3, 0.4) is 0 Å². The molecule has 1 amide bonds. The Bertz CT molecular complexity index is 818. The number of piperidine rings is 1. The molecule has 144 valence electrons. The van der Waals surface area contributed by atoms with Crippen molar-refractivity contribution in [2.45, 2.75) is 25.1 Å². The Morgan fingerprint density at radius 3 is 2.56 bits per heavy atom. The molecule has 0 spiro atoms. The van der Waals surface area contributed by atoms with Crippen LogP contribution in [0.15, 0.2) is 30.6 Å². The van der Waals surface area contributed by atoms with E-state index in [0.717, 1.165) is 18.5 Å². The molecule has 1 fully saturated rings. The molecule has 1 aromatic heterocycles. The molecule has 0 unspecified atom stereocenters. The number of amides is 1. The molecular formula is C17H15ClF4N4O. The first-order valence-electron chi connectivity index (χ1n) is 8.15. The summed E-state index contributed by atoms with van der Waals surface area (Å²) in [5, 5.41) is 2.74. The SMILES string of the molecule is O=C(NC1CCN(c2cc(C(F)(F)F)ncn2)CC1)c1c(F)cccc1Cl. The van der Waals surface area contributed by atoms with E-state index in [1.165, 1.54) is 12.1 Å². The van der Waals surface area contributed by atoms with Crippen LogP contribution in [-0.4, -0.2) is 35.0 Å². The van der Waals surface area contributed by atoms with Gasteiger partial charge in [-0.05, 0) is 25.0 Å². The maximum absolute atomic E-state index is 13.8. The first-order valence-corrected chi connectivity index (χ1v) is 8.52. The number of carbonyl (C=O) groups excluding carboxylic acids is 1. The van der Waals surface area contributed by atoms with Crippen LogP contribution < -0.4 is 10.2 Å². The second kappa shape index (κ2) is 7.67. The lowest BCUT2D eigenvalue weighted by Gasteiger charge is -2.33. The predicted molar refractivity (Wildman–Crippen MR) is 91.1 cm³/mol. The standard InChI is InChI=1S/C17H15ClF4N4O/c18-11-2-1-3-12(19)15(11)16(27)25-10-4-6-26(7-5-10)14-8-13(17(20,21)22)23-9-24-14/h1-3,8-10H,4-7H2,(H,25,27). The molecule has 1 aliphatic rings. The van der Waals surface area contributed by atoms with E-state index in [1.807, 2.05) is 0 Å². The number of nitrogens with one attached hydrogen (secondary N) is 1. The van der Waals surface area contributed by atoms with E-state index < -0.39 is 23.6 Å². The highest BCUT2D eigenvalue weighted by molar-refractivity contribution is 6.33. The molecule has 5 nitrogen and oxygen atoms in total. The van der Waals surface area contributed by atoms with Crippen LogP contribution in [-0.2, 0) is 6.18 Å². The fourth-order valence-electron chi connectivity index (χ4n) is 2.90. The lowest BCUT2D eigenvalue weighted by molar-refractivity contribution is -0.141. The summed E-state index contributed by atoms with van der Waals surface area (Å²) in [5.41, 5.74) is -1.22. The summed E-state index contributed by atoms with van der Waals surface area (Å²) in [6, 6.07) is 4.64. The fourth-order valence-corrected chi connectivity index (χ4v) is 3.15. The summed E-state index contributed by atoms with van der Waals surface area (Å²) < 4.78 is 52.1. The first-order chi connectivity index (χ1) is 12.8. The van der Waals surface area contributed by atoms with E-state index in [4.69, 9.17) is 11.6 Å². The number of alkyl halides is 3. The van der Waals surface area contributed by atoms with Crippen LogP contribution in [0.5, 0.6) is 0 Å². The lowest BCUT2D eigenvalue weighted by atomic mass is 10.0. The molecule has 0 bridgehead atoms. The third kappa shape index (κ3) is 4.47. The molecule has 0 aliphatic carbocycles. The van der Waals surface area contributed by atoms with Gasteiger partial charge in [0.1, 0.15) is 23.7 Å². The van der Waals surface area contributed by atoms with E-state index in [1.54, 1.807) is 4.90 Å². The largest absolute Gasteiger partial charge is 0.433 e. The zero-order valence-electron chi connectivity index (χ0n) is 13.9. The van der Waals surface area contributed by atoms with Crippen LogP contribution in [0.2, 0.25) is 5.02 Å². The number of nitrogens with zero attached hydrogens (tertiary/aromatic N) is 3. The zero-order valence-corrected chi connectivity index (χ0v) is 14.7. The summed E-state index contributed by atoms with van der Waals surface area (Å²) in [6.07, 6.45) is -2.71. The summed E-state index contributed by atoms with van der Waals surface area (Å²) in [4.78, 5) is 21.1. The van der Waals surface area contributed by atoms with Gasteiger partial charge in [0.05, 0.1) is 10.6 Å². The summed E-state index contributed by atoms with van der Waals surface area (Å²) in [7, 11) is 0. The number of carbonyl (C=O) groups is 1. The number of aromatic nitrogens is 2. The molecule has 2 aromatic rings. The Morgan fingerprint density at radius 2 is 1.93 bits per heavy atom. The molecule has 2 heterocycles. The van der Waals surface area contributed by atoms with Gasteiger partial charge >= 0.3 is 6.18 Å². The molecule has 3 rings (SSSR count). The van der Waals surface area contributed by atoms with Crippen molar-refractivity contribution < 1.29 is 22.4 Å². The van der Waals surface area contributed by atoms with Gasteiger partial charge in [-0.2, -0.15) is 13.2 Å². The van der Waals surface area contributed by atoms with E-state index in [0.29, 0.717) is 25.9 Å². The van der Waals surface area contributed by atoms with Gasteiger partial charge in [0.25, 0.3) is 5.91 Å². The quantitative estimate of drug-likeness (QED) is 0.796. The first kappa shape index (κ1) is 19.3. The van der Waals surface area contributed by atoms with Crippen molar-refractivity contribution in [3.63, 3.8) is 0 Å². The Morgan fingerprint density at radius 1 is 1.22 bits per heavy atom. The third-order valence-corrected chi connectivity index (χ3v) is 4.60. The predicted octanol–water partition coefficient (Wildman–Crippen LogP) is 3.69. The minimum absolute atomic E-state index is 0.0191. The zero-order chi connectivity index (χ0) is 19.6. The van der Waals surface area contributed by atoms with Crippen molar-refractivity contribution in [2.75, 3.05) is 18.0 Å². The van der Waals surface area contributed by atoms with Gasteiger partial charge < -0.3 is 10.2 Å². The Labute approximate surface area is 157 Å². The smallest absolute Gasteiger partial charge is 0.356 e. The summed E-state index contributed by atoms with van der Waals surface area (Å²) in [6.45, 7) is 0.786. The molecule has 1 aliphatic heterocycles. The van der Waals surface area contributed by atoms with Gasteiger partial charge in [-0.25, -0.2) is 14.4 Å². The fraction of sp³-hybridized carbons (Fsp3) is 0.353. The average molecular weight is 403 g/mol. The maximum Gasteiger partial charge on any atom is 0.433 e. The van der Waals surface area contributed by atoms with Crippen LogP contribution in [0.1, 0.15) is 28.9 Å². The molecule has 10 heteroatoms. The topological polar surface area (TPSA) is 58.1 Å². The average Bonchev–Trinajstić information content (AvgIpc) is 2.61. The molecule has 1 saturated heterocycles. The highest BCUT2D eigenvalue weighted by atomic mass is 35.5. The van der Waals surface area contributed by atoms with Crippen molar-refractivity contribution in [2.24, 2.45) is 0 Å². The van der Waals surface area contributed by atoms with Gasteiger partial charge in [0, 0.05) is 25.2 Å². The van der Waals surface area contributed by atoms with Gasteiger partial charge in [0.15, 0.2) is 0 Å². The summed E-state index contributed by atoms with van der Waals surface area (Å²) in [5.74, 6) is -1.14. The number of rotatable bonds is 3. The van der Waals surface area contributed by atoms with Gasteiger partial charge in [-0.1, -0.05) is 17.7 Å². The van der Waals surface area contributed by atoms with Crippen molar-refractivity contribution in [3.8, 4) is 0 Å². The van der Waals surface area contributed by atoms with Crippen molar-refractivity contribution in [3.05, 3.63) is 52.7 Å². The molecule has 27 heavy (non-hydrogen) atoms. The molecule has 0 atom stereocenters. The Kier molecular flexibility index (Phi) is 5.50. The molecule has 1 aromatic carbocycles. The number of hydrogen-bond donors (Lipinski definition) is 1. The highest BCUT2D eigenvalue weighted by Gasteiger charge is 2.33. The Balaban J connectivity index is 1.62. The molecular weight excluding hydrogens is 388 g/mol. The summed E-state index contributed by atoms with van der Waals surface area (Å²) >= 11 is 5.88. The maximum atomic E-state index is 13.8. The normalized spacial score (nSPS) is 15.7. The number of halogens is 5. The van der Waals surface area contributed by atoms with Crippen LogP contribution >= 0.6 is 11.6 Å². The minimum atomic E-state index is -4.54. The monoisotopic (exact) mass is 402 g/mol. The van der Waals surface area contributed by atoms with Gasteiger partial charge in [-0.15, -0.1) is 0 Å². The second-order valence-electron chi connectivity index (χ2n) is 6.09. The molecule has 1 N–H and O–H groups in total. The highest BCUT2D eigenvalue weighted by Crippen LogP contribution is 2.29. The van der Waals surface area contributed by atoms with Gasteiger partial charge in [0.2, 0.25) is 0 Å². The Hall–Kier alpha value is -2.42. The number of benzene rings is 1. The molecule has 0 radical (unpaired) electrons. The van der Waals surface area contributed by atoms with Crippen molar-refractivity contribution in [1.29, 1.82) is 0 Å².